The van der Waals surface area contributed by atoms with E-state index in [1.807, 2.05) is 16.0 Å². The van der Waals surface area contributed by atoms with E-state index in [4.69, 9.17) is 0 Å². The van der Waals surface area contributed by atoms with Crippen LogP contribution in [-0.2, 0) is 17.8 Å². The SMILES string of the molecule is O=C(Cc1csc2nc(-c3ccc(F)cc3)cn12)NCCn1ncccc1=O. The largest absolute Gasteiger partial charge is 0.354 e. The molecule has 7 nitrogen and oxygen atoms in total. The highest BCUT2D eigenvalue weighted by atomic mass is 32.1. The van der Waals surface area contributed by atoms with Crippen molar-refractivity contribution in [3.63, 3.8) is 0 Å². The van der Waals surface area contributed by atoms with Crippen LogP contribution in [0.1, 0.15) is 5.69 Å². The van der Waals surface area contributed by atoms with Gasteiger partial charge in [-0.15, -0.1) is 11.3 Å². The summed E-state index contributed by atoms with van der Waals surface area (Å²) in [4.78, 5) is 29.1. The van der Waals surface area contributed by atoms with Crippen molar-refractivity contribution in [3.05, 3.63) is 76.0 Å². The van der Waals surface area contributed by atoms with Crippen molar-refractivity contribution in [2.24, 2.45) is 0 Å². The second-order valence-corrected chi connectivity index (χ2v) is 6.96. The predicted molar refractivity (Wildman–Crippen MR) is 104 cm³/mol. The van der Waals surface area contributed by atoms with Crippen molar-refractivity contribution in [1.82, 2.24) is 24.5 Å². The van der Waals surface area contributed by atoms with Crippen molar-refractivity contribution < 1.29 is 9.18 Å². The number of carbonyl (C=O) groups is 1. The van der Waals surface area contributed by atoms with E-state index >= 15 is 0 Å². The van der Waals surface area contributed by atoms with Gasteiger partial charge in [0, 0.05) is 41.6 Å². The summed E-state index contributed by atoms with van der Waals surface area (Å²) in [7, 11) is 0. The van der Waals surface area contributed by atoms with Crippen LogP contribution in [0.4, 0.5) is 4.39 Å². The monoisotopic (exact) mass is 397 g/mol. The van der Waals surface area contributed by atoms with Crippen molar-refractivity contribution in [2.75, 3.05) is 6.54 Å². The Morgan fingerprint density at radius 1 is 1.21 bits per heavy atom. The Hall–Kier alpha value is -3.33. The second kappa shape index (κ2) is 7.73. The molecular weight excluding hydrogens is 381 g/mol. The van der Waals surface area contributed by atoms with E-state index in [1.54, 1.807) is 18.2 Å². The first-order chi connectivity index (χ1) is 13.6. The van der Waals surface area contributed by atoms with Gasteiger partial charge in [0.1, 0.15) is 5.82 Å². The lowest BCUT2D eigenvalue weighted by atomic mass is 10.2. The van der Waals surface area contributed by atoms with Gasteiger partial charge in [0.05, 0.1) is 18.7 Å². The summed E-state index contributed by atoms with van der Waals surface area (Å²) in [6.07, 6.45) is 3.56. The van der Waals surface area contributed by atoms with E-state index in [0.717, 1.165) is 21.9 Å². The van der Waals surface area contributed by atoms with E-state index in [2.05, 4.69) is 15.4 Å². The minimum absolute atomic E-state index is 0.152. The molecule has 4 rings (SSSR count). The summed E-state index contributed by atoms with van der Waals surface area (Å²) >= 11 is 1.44. The number of amides is 1. The number of hydrogen-bond donors (Lipinski definition) is 1. The second-order valence-electron chi connectivity index (χ2n) is 6.12. The Morgan fingerprint density at radius 3 is 2.82 bits per heavy atom. The van der Waals surface area contributed by atoms with Crippen LogP contribution >= 0.6 is 11.3 Å². The number of hydrogen-bond acceptors (Lipinski definition) is 5. The Labute approximate surface area is 163 Å². The molecule has 0 radical (unpaired) electrons. The Kier molecular flexibility index (Phi) is 4.98. The molecule has 142 valence electrons. The van der Waals surface area contributed by atoms with Crippen molar-refractivity contribution in [3.8, 4) is 11.3 Å². The molecule has 1 amide bonds. The highest BCUT2D eigenvalue weighted by Crippen LogP contribution is 2.24. The molecule has 0 bridgehead atoms. The maximum atomic E-state index is 13.1. The van der Waals surface area contributed by atoms with Crippen molar-refractivity contribution in [2.45, 2.75) is 13.0 Å². The fourth-order valence-electron chi connectivity index (χ4n) is 2.80. The predicted octanol–water partition coefficient (Wildman–Crippen LogP) is 2.12. The zero-order chi connectivity index (χ0) is 19.5. The average molecular weight is 397 g/mol. The van der Waals surface area contributed by atoms with E-state index in [1.165, 1.54) is 40.4 Å². The number of benzene rings is 1. The molecule has 4 aromatic rings. The van der Waals surface area contributed by atoms with E-state index in [9.17, 15) is 14.0 Å². The van der Waals surface area contributed by atoms with Crippen LogP contribution in [0.5, 0.6) is 0 Å². The molecule has 0 saturated carbocycles. The van der Waals surface area contributed by atoms with Crippen LogP contribution in [0.3, 0.4) is 0 Å². The molecule has 9 heteroatoms. The third-order valence-corrected chi connectivity index (χ3v) is 5.08. The molecule has 0 fully saturated rings. The summed E-state index contributed by atoms with van der Waals surface area (Å²) in [5.41, 5.74) is 2.15. The first-order valence-corrected chi connectivity index (χ1v) is 9.48. The van der Waals surface area contributed by atoms with Gasteiger partial charge in [0.15, 0.2) is 4.96 Å². The third-order valence-electron chi connectivity index (χ3n) is 4.20. The fourth-order valence-corrected chi connectivity index (χ4v) is 3.67. The fraction of sp³-hybridized carbons (Fsp3) is 0.158. The summed E-state index contributed by atoms with van der Waals surface area (Å²) in [6.45, 7) is 0.623. The number of nitrogens with one attached hydrogen (secondary N) is 1. The minimum Gasteiger partial charge on any atom is -0.354 e. The normalized spacial score (nSPS) is 11.0. The molecule has 0 unspecified atom stereocenters. The Bertz CT molecular complexity index is 1180. The molecule has 3 heterocycles. The van der Waals surface area contributed by atoms with Gasteiger partial charge in [-0.05, 0) is 30.3 Å². The topological polar surface area (TPSA) is 81.3 Å². The van der Waals surface area contributed by atoms with Crippen molar-refractivity contribution in [1.29, 1.82) is 0 Å². The third kappa shape index (κ3) is 3.84. The van der Waals surface area contributed by atoms with Crippen LogP contribution in [0, 0.1) is 5.82 Å². The standard InChI is InChI=1S/C19H16FN5O2S/c20-14-5-3-13(4-6-14)16-11-24-15(12-28-19(24)23-16)10-17(26)21-8-9-25-18(27)2-1-7-22-25/h1-7,11-12H,8-10H2,(H,21,26). The number of nitrogens with zero attached hydrogens (tertiary/aromatic N) is 4. The number of rotatable bonds is 6. The average Bonchev–Trinajstić information content (AvgIpc) is 3.26. The van der Waals surface area contributed by atoms with Gasteiger partial charge in [0.25, 0.3) is 5.56 Å². The highest BCUT2D eigenvalue weighted by Gasteiger charge is 2.12. The minimum atomic E-state index is -0.296. The van der Waals surface area contributed by atoms with Crippen LogP contribution in [0.15, 0.2) is 59.0 Å². The molecule has 0 aliphatic heterocycles. The molecule has 3 aromatic heterocycles. The Morgan fingerprint density at radius 2 is 2.04 bits per heavy atom. The summed E-state index contributed by atoms with van der Waals surface area (Å²) in [5, 5.41) is 8.63. The van der Waals surface area contributed by atoms with Crippen LogP contribution in [0.2, 0.25) is 0 Å². The summed E-state index contributed by atoms with van der Waals surface area (Å²) in [5.74, 6) is -0.448. The van der Waals surface area contributed by atoms with Gasteiger partial charge in [-0.1, -0.05) is 0 Å². The number of aromatic nitrogens is 4. The number of carbonyl (C=O) groups excluding carboxylic acids is 1. The zero-order valence-corrected chi connectivity index (χ0v) is 15.5. The molecule has 0 spiro atoms. The van der Waals surface area contributed by atoms with Gasteiger partial charge < -0.3 is 5.32 Å². The molecule has 0 saturated heterocycles. The maximum absolute atomic E-state index is 13.1. The number of imidazole rings is 1. The van der Waals surface area contributed by atoms with Gasteiger partial charge in [-0.3, -0.25) is 14.0 Å². The number of fused-ring (bicyclic) bond motifs is 1. The summed E-state index contributed by atoms with van der Waals surface area (Å²) in [6, 6.07) is 9.13. The van der Waals surface area contributed by atoms with E-state index in [0.29, 0.717) is 13.1 Å². The van der Waals surface area contributed by atoms with Crippen molar-refractivity contribution >= 4 is 22.2 Å². The quantitative estimate of drug-likeness (QED) is 0.540. The molecule has 1 N–H and O–H groups in total. The molecule has 1 aromatic carbocycles. The lowest BCUT2D eigenvalue weighted by Gasteiger charge is -2.06. The maximum Gasteiger partial charge on any atom is 0.266 e. The van der Waals surface area contributed by atoms with Gasteiger partial charge in [0.2, 0.25) is 5.91 Å². The van der Waals surface area contributed by atoms with E-state index in [-0.39, 0.29) is 23.7 Å². The first-order valence-electron chi connectivity index (χ1n) is 8.60. The molecule has 0 atom stereocenters. The van der Waals surface area contributed by atoms with Crippen LogP contribution < -0.4 is 10.9 Å². The van der Waals surface area contributed by atoms with Gasteiger partial charge >= 0.3 is 0 Å². The number of thiazole rings is 1. The smallest absolute Gasteiger partial charge is 0.266 e. The van der Waals surface area contributed by atoms with Gasteiger partial charge in [-0.2, -0.15) is 5.10 Å². The zero-order valence-electron chi connectivity index (χ0n) is 14.7. The lowest BCUT2D eigenvalue weighted by molar-refractivity contribution is -0.120. The Balaban J connectivity index is 1.41. The first kappa shape index (κ1) is 18.1. The van der Waals surface area contributed by atoms with E-state index < -0.39 is 0 Å². The van der Waals surface area contributed by atoms with Crippen LogP contribution in [0.25, 0.3) is 16.2 Å². The molecule has 0 aliphatic rings. The molecule has 0 aliphatic carbocycles. The van der Waals surface area contributed by atoms with Crippen LogP contribution in [-0.4, -0.2) is 31.6 Å². The lowest BCUT2D eigenvalue weighted by Crippen LogP contribution is -2.32. The highest BCUT2D eigenvalue weighted by molar-refractivity contribution is 7.15. The molecule has 28 heavy (non-hydrogen) atoms. The molecular formula is C19H16FN5O2S. The van der Waals surface area contributed by atoms with Gasteiger partial charge in [-0.25, -0.2) is 14.1 Å². The summed E-state index contributed by atoms with van der Waals surface area (Å²) < 4.78 is 16.3. The number of halogens is 1.